The summed E-state index contributed by atoms with van der Waals surface area (Å²) in [5.41, 5.74) is 0.0355. The van der Waals surface area contributed by atoms with Gasteiger partial charge in [0.05, 0.1) is 17.0 Å². The molecular formula is C24H25F3N2O2S. The lowest BCUT2D eigenvalue weighted by Gasteiger charge is -2.19. The first-order valence-corrected chi connectivity index (χ1v) is 11.2. The smallest absolute Gasteiger partial charge is 0.419 e. The quantitative estimate of drug-likeness (QED) is 0.387. The Bertz CT molecular complexity index is 1050. The summed E-state index contributed by atoms with van der Waals surface area (Å²) in [4.78, 5) is 16.9. The minimum absolute atomic E-state index is 0.144. The Labute approximate surface area is 189 Å². The molecule has 1 atom stereocenters. The summed E-state index contributed by atoms with van der Waals surface area (Å²) < 4.78 is 46.8. The van der Waals surface area contributed by atoms with Gasteiger partial charge in [-0.05, 0) is 65.1 Å². The van der Waals surface area contributed by atoms with E-state index in [1.165, 1.54) is 23.6 Å². The van der Waals surface area contributed by atoms with Crippen LogP contribution in [-0.4, -0.2) is 17.5 Å². The number of benzene rings is 1. The molecule has 1 aromatic carbocycles. The van der Waals surface area contributed by atoms with Crippen molar-refractivity contribution in [1.82, 2.24) is 4.98 Å². The molecule has 1 unspecified atom stereocenters. The Morgan fingerprint density at radius 3 is 2.53 bits per heavy atom. The highest BCUT2D eigenvalue weighted by molar-refractivity contribution is 7.12. The molecule has 0 aliphatic carbocycles. The highest BCUT2D eigenvalue weighted by atomic mass is 32.1. The van der Waals surface area contributed by atoms with Crippen molar-refractivity contribution < 1.29 is 22.7 Å². The fourth-order valence-corrected chi connectivity index (χ4v) is 4.04. The van der Waals surface area contributed by atoms with Crippen LogP contribution in [0.25, 0.3) is 11.1 Å². The largest absolute Gasteiger partial charge is 0.493 e. The van der Waals surface area contributed by atoms with Crippen LogP contribution in [0.1, 0.15) is 42.4 Å². The van der Waals surface area contributed by atoms with E-state index in [0.29, 0.717) is 21.9 Å². The average Bonchev–Trinajstić information content (AvgIpc) is 3.26. The molecule has 0 aliphatic rings. The zero-order valence-corrected chi connectivity index (χ0v) is 18.9. The van der Waals surface area contributed by atoms with Crippen LogP contribution >= 0.6 is 11.3 Å². The summed E-state index contributed by atoms with van der Waals surface area (Å²) >= 11 is 1.29. The van der Waals surface area contributed by atoms with Crippen LogP contribution in [0.15, 0.2) is 54.0 Å². The molecule has 0 saturated carbocycles. The van der Waals surface area contributed by atoms with E-state index in [9.17, 15) is 18.0 Å². The number of halogens is 3. The topological polar surface area (TPSA) is 51.2 Å². The molecule has 1 amide bonds. The van der Waals surface area contributed by atoms with Gasteiger partial charge in [-0.1, -0.05) is 32.9 Å². The summed E-state index contributed by atoms with van der Waals surface area (Å²) in [6.07, 6.45) is -2.24. The number of ether oxygens (including phenoxy) is 1. The highest BCUT2D eigenvalue weighted by Gasteiger charge is 2.35. The second-order valence-electron chi connectivity index (χ2n) is 8.12. The van der Waals surface area contributed by atoms with Crippen LogP contribution in [-0.2, 0) is 6.18 Å². The number of nitrogens with one attached hydrogen (secondary N) is 1. The predicted octanol–water partition coefficient (Wildman–Crippen LogP) is 7.14. The second-order valence-corrected chi connectivity index (χ2v) is 9.06. The lowest BCUT2D eigenvalue weighted by molar-refractivity contribution is -0.139. The molecule has 2 aromatic heterocycles. The van der Waals surface area contributed by atoms with Crippen molar-refractivity contribution in [2.45, 2.75) is 33.4 Å². The van der Waals surface area contributed by atoms with Crippen LogP contribution in [0.5, 0.6) is 5.75 Å². The molecule has 1 N–H and O–H groups in total. The van der Waals surface area contributed by atoms with Gasteiger partial charge in [0.15, 0.2) is 0 Å². The molecule has 170 valence electrons. The van der Waals surface area contributed by atoms with E-state index in [-0.39, 0.29) is 30.0 Å². The lowest BCUT2D eigenvalue weighted by Crippen LogP contribution is -2.14. The van der Waals surface area contributed by atoms with Crippen molar-refractivity contribution >= 4 is 23.1 Å². The van der Waals surface area contributed by atoms with Gasteiger partial charge >= 0.3 is 6.18 Å². The van der Waals surface area contributed by atoms with E-state index in [1.54, 1.807) is 35.7 Å². The first kappa shape index (κ1) is 23.8. The molecule has 0 bridgehead atoms. The third-order valence-electron chi connectivity index (χ3n) is 4.76. The summed E-state index contributed by atoms with van der Waals surface area (Å²) in [5, 5.41) is 4.45. The van der Waals surface area contributed by atoms with Gasteiger partial charge < -0.3 is 10.1 Å². The maximum absolute atomic E-state index is 13.7. The molecule has 0 fully saturated rings. The van der Waals surface area contributed by atoms with Crippen molar-refractivity contribution in [2.75, 3.05) is 11.9 Å². The molecule has 0 aliphatic heterocycles. The fourth-order valence-electron chi connectivity index (χ4n) is 3.43. The van der Waals surface area contributed by atoms with Crippen LogP contribution in [0.4, 0.5) is 19.0 Å². The number of thiophene rings is 1. The summed E-state index contributed by atoms with van der Waals surface area (Å²) in [6, 6.07) is 10.6. The third kappa shape index (κ3) is 6.32. The third-order valence-corrected chi connectivity index (χ3v) is 5.63. The number of carbonyl (C=O) groups is 1. The van der Waals surface area contributed by atoms with Crippen LogP contribution in [0.2, 0.25) is 0 Å². The molecule has 0 radical (unpaired) electrons. The zero-order valence-electron chi connectivity index (χ0n) is 18.1. The zero-order chi connectivity index (χ0) is 23.3. The minimum Gasteiger partial charge on any atom is -0.493 e. The molecule has 32 heavy (non-hydrogen) atoms. The molecule has 0 spiro atoms. The molecule has 4 nitrogen and oxygen atoms in total. The maximum atomic E-state index is 13.7. The Morgan fingerprint density at radius 1 is 1.12 bits per heavy atom. The van der Waals surface area contributed by atoms with Gasteiger partial charge in [-0.15, -0.1) is 11.3 Å². The number of hydrogen-bond acceptors (Lipinski definition) is 4. The lowest BCUT2D eigenvalue weighted by atomic mass is 9.99. The normalized spacial score (nSPS) is 12.6. The van der Waals surface area contributed by atoms with Crippen molar-refractivity contribution in [1.29, 1.82) is 0 Å². The molecule has 8 heteroatoms. The Hall–Kier alpha value is -2.87. The average molecular weight is 463 g/mol. The standard InChI is InChI=1S/C24H25F3N2O2S/c1-15(2)11-16(3)14-31-20-7-6-17(12-19(20)24(25,26)27)18-8-9-28-22(13-18)29-23(30)21-5-4-10-32-21/h4-10,12-13,15-16H,11,14H2,1-3H3,(H,28,29,30). The Balaban J connectivity index is 1.83. The monoisotopic (exact) mass is 462 g/mol. The number of pyridine rings is 1. The summed E-state index contributed by atoms with van der Waals surface area (Å²) in [6.45, 7) is 6.32. The number of nitrogens with zero attached hydrogens (tertiary/aromatic N) is 1. The first-order chi connectivity index (χ1) is 15.1. The summed E-state index contributed by atoms with van der Waals surface area (Å²) in [7, 11) is 0. The van der Waals surface area contributed by atoms with Crippen LogP contribution in [0, 0.1) is 11.8 Å². The fraction of sp³-hybridized carbons (Fsp3) is 0.333. The number of amides is 1. The highest BCUT2D eigenvalue weighted by Crippen LogP contribution is 2.39. The van der Waals surface area contributed by atoms with Gasteiger partial charge in [-0.3, -0.25) is 4.79 Å². The van der Waals surface area contributed by atoms with E-state index in [0.717, 1.165) is 12.5 Å². The summed E-state index contributed by atoms with van der Waals surface area (Å²) in [5.74, 6) is 0.346. The molecule has 3 rings (SSSR count). The van der Waals surface area contributed by atoms with Crippen molar-refractivity contribution in [3.05, 3.63) is 64.5 Å². The number of carbonyl (C=O) groups excluding carboxylic acids is 1. The number of anilines is 1. The van der Waals surface area contributed by atoms with Gasteiger partial charge in [0.2, 0.25) is 0 Å². The minimum atomic E-state index is -4.56. The maximum Gasteiger partial charge on any atom is 0.419 e. The van der Waals surface area contributed by atoms with E-state index in [2.05, 4.69) is 24.1 Å². The number of aromatic nitrogens is 1. The van der Waals surface area contributed by atoms with E-state index in [1.807, 2.05) is 6.92 Å². The first-order valence-electron chi connectivity index (χ1n) is 10.3. The van der Waals surface area contributed by atoms with Crippen LogP contribution < -0.4 is 10.1 Å². The van der Waals surface area contributed by atoms with Gasteiger partial charge in [-0.25, -0.2) is 4.98 Å². The van der Waals surface area contributed by atoms with Gasteiger partial charge in [0.25, 0.3) is 5.91 Å². The van der Waals surface area contributed by atoms with Gasteiger partial charge in [0.1, 0.15) is 11.6 Å². The van der Waals surface area contributed by atoms with Crippen molar-refractivity contribution in [3.8, 4) is 16.9 Å². The molecular weight excluding hydrogens is 437 g/mol. The van der Waals surface area contributed by atoms with Crippen molar-refractivity contribution in [2.24, 2.45) is 11.8 Å². The van der Waals surface area contributed by atoms with E-state index >= 15 is 0 Å². The molecule has 0 saturated heterocycles. The number of rotatable bonds is 8. The Kier molecular flexibility index (Phi) is 7.56. The predicted molar refractivity (Wildman–Crippen MR) is 121 cm³/mol. The molecule has 2 heterocycles. The van der Waals surface area contributed by atoms with Gasteiger partial charge in [-0.2, -0.15) is 13.2 Å². The SMILES string of the molecule is CC(C)CC(C)COc1ccc(-c2ccnc(NC(=O)c3cccs3)c2)cc1C(F)(F)F. The van der Waals surface area contributed by atoms with Crippen LogP contribution in [0.3, 0.4) is 0 Å². The Morgan fingerprint density at radius 2 is 1.88 bits per heavy atom. The molecule has 3 aromatic rings. The number of alkyl halides is 3. The van der Waals surface area contributed by atoms with Crippen molar-refractivity contribution in [3.63, 3.8) is 0 Å². The second kappa shape index (κ2) is 10.2. The van der Waals surface area contributed by atoms with E-state index in [4.69, 9.17) is 4.74 Å². The van der Waals surface area contributed by atoms with E-state index < -0.39 is 11.7 Å². The van der Waals surface area contributed by atoms with Gasteiger partial charge in [0, 0.05) is 6.20 Å². The number of hydrogen-bond donors (Lipinski definition) is 1.